The second kappa shape index (κ2) is 5.85. The zero-order valence-corrected chi connectivity index (χ0v) is 12.3. The van der Waals surface area contributed by atoms with E-state index in [9.17, 15) is 4.79 Å². The molecule has 2 aromatic heterocycles. The highest BCUT2D eigenvalue weighted by Crippen LogP contribution is 2.14. The number of carbonyl (C=O) groups excluding carboxylic acids is 1. The van der Waals surface area contributed by atoms with Crippen LogP contribution in [0.2, 0.25) is 0 Å². The molecule has 0 amide bonds. The van der Waals surface area contributed by atoms with Gasteiger partial charge < -0.3 is 14.0 Å². The number of pyridine rings is 1. The zero-order chi connectivity index (χ0) is 15.5. The number of imidazole rings is 1. The molecule has 0 aliphatic carbocycles. The predicted octanol–water partition coefficient (Wildman–Crippen LogP) is 2.33. The number of hydrogen-bond acceptors (Lipinski definition) is 5. The first kappa shape index (κ1) is 14.1. The molecule has 0 fully saturated rings. The molecule has 0 unspecified atom stereocenters. The quantitative estimate of drug-likeness (QED) is 0.691. The minimum atomic E-state index is -0.420. The molecule has 0 aliphatic heterocycles. The van der Waals surface area contributed by atoms with Crippen molar-refractivity contribution >= 4 is 17.1 Å². The highest BCUT2D eigenvalue weighted by atomic mass is 16.5. The van der Waals surface area contributed by atoms with E-state index >= 15 is 0 Å². The normalized spacial score (nSPS) is 10.6. The number of fused-ring (bicyclic) bond motifs is 1. The Morgan fingerprint density at radius 2 is 2.00 bits per heavy atom. The van der Waals surface area contributed by atoms with E-state index in [1.165, 1.54) is 6.20 Å². The van der Waals surface area contributed by atoms with Crippen LogP contribution in [0.4, 0.5) is 0 Å². The third-order valence-corrected chi connectivity index (χ3v) is 3.32. The first-order chi connectivity index (χ1) is 10.7. The monoisotopic (exact) mass is 297 g/mol. The number of ether oxygens (including phenoxy) is 2. The number of benzene rings is 1. The summed E-state index contributed by atoms with van der Waals surface area (Å²) in [6, 6.07) is 9.03. The lowest BCUT2D eigenvalue weighted by Gasteiger charge is -2.06. The topological polar surface area (TPSA) is 66.2 Å². The summed E-state index contributed by atoms with van der Waals surface area (Å²) >= 11 is 0. The summed E-state index contributed by atoms with van der Waals surface area (Å²) in [6.45, 7) is 0.198. The van der Waals surface area contributed by atoms with Crippen LogP contribution in [-0.2, 0) is 18.4 Å². The van der Waals surface area contributed by atoms with E-state index in [4.69, 9.17) is 9.47 Å². The van der Waals surface area contributed by atoms with E-state index in [0.717, 1.165) is 17.0 Å². The smallest absolute Gasteiger partial charge is 0.340 e. The minimum Gasteiger partial charge on any atom is -0.497 e. The zero-order valence-electron chi connectivity index (χ0n) is 12.3. The summed E-state index contributed by atoms with van der Waals surface area (Å²) < 4.78 is 12.2. The van der Waals surface area contributed by atoms with Gasteiger partial charge in [0.2, 0.25) is 0 Å². The Labute approximate surface area is 127 Å². The van der Waals surface area contributed by atoms with E-state index < -0.39 is 5.97 Å². The Morgan fingerprint density at radius 3 is 2.73 bits per heavy atom. The summed E-state index contributed by atoms with van der Waals surface area (Å²) in [5, 5.41) is 0. The van der Waals surface area contributed by atoms with Crippen LogP contribution in [0.15, 0.2) is 42.9 Å². The summed E-state index contributed by atoms with van der Waals surface area (Å²) in [5.41, 5.74) is 2.67. The van der Waals surface area contributed by atoms with Gasteiger partial charge in [0.15, 0.2) is 5.65 Å². The fourth-order valence-corrected chi connectivity index (χ4v) is 2.08. The van der Waals surface area contributed by atoms with Crippen molar-refractivity contribution in [3.05, 3.63) is 54.0 Å². The molecule has 0 spiro atoms. The lowest BCUT2D eigenvalue weighted by Crippen LogP contribution is -2.06. The lowest BCUT2D eigenvalue weighted by molar-refractivity contribution is 0.0472. The molecule has 0 radical (unpaired) electrons. The molecule has 112 valence electrons. The molecule has 6 heteroatoms. The van der Waals surface area contributed by atoms with Gasteiger partial charge in [-0.3, -0.25) is 0 Å². The Balaban J connectivity index is 1.69. The third-order valence-electron chi connectivity index (χ3n) is 3.32. The fourth-order valence-electron chi connectivity index (χ4n) is 2.08. The van der Waals surface area contributed by atoms with Crippen LogP contribution in [-0.4, -0.2) is 27.6 Å². The number of aromatic nitrogens is 3. The number of esters is 1. The molecule has 3 rings (SSSR count). The summed E-state index contributed by atoms with van der Waals surface area (Å²) in [6.07, 6.45) is 3.16. The summed E-state index contributed by atoms with van der Waals surface area (Å²) in [5.74, 6) is 0.343. The lowest BCUT2D eigenvalue weighted by atomic mass is 10.2. The van der Waals surface area contributed by atoms with Crippen molar-refractivity contribution in [3.63, 3.8) is 0 Å². The van der Waals surface area contributed by atoms with Gasteiger partial charge in [-0.05, 0) is 23.8 Å². The molecule has 6 nitrogen and oxygen atoms in total. The maximum Gasteiger partial charge on any atom is 0.340 e. The molecule has 2 heterocycles. The van der Waals surface area contributed by atoms with Gasteiger partial charge in [0.1, 0.15) is 17.9 Å². The fraction of sp³-hybridized carbons (Fsp3) is 0.188. The Morgan fingerprint density at radius 1 is 1.23 bits per heavy atom. The third kappa shape index (κ3) is 2.76. The maximum atomic E-state index is 12.1. The number of nitrogens with zero attached hydrogens (tertiary/aromatic N) is 3. The van der Waals surface area contributed by atoms with Crippen molar-refractivity contribution in [2.45, 2.75) is 6.61 Å². The standard InChI is InChI=1S/C16H15N3O3/c1-19-10-18-14-7-12(8-17-15(14)19)16(20)22-9-11-3-5-13(21-2)6-4-11/h3-8,10H,9H2,1-2H3. The van der Waals surface area contributed by atoms with Crippen molar-refractivity contribution in [2.75, 3.05) is 7.11 Å². The van der Waals surface area contributed by atoms with Gasteiger partial charge >= 0.3 is 5.97 Å². The van der Waals surface area contributed by atoms with Crippen LogP contribution < -0.4 is 4.74 Å². The van der Waals surface area contributed by atoms with Crippen LogP contribution in [0.3, 0.4) is 0 Å². The van der Waals surface area contributed by atoms with Gasteiger partial charge in [0.25, 0.3) is 0 Å². The second-order valence-electron chi connectivity index (χ2n) is 4.85. The van der Waals surface area contributed by atoms with E-state index in [-0.39, 0.29) is 6.61 Å². The number of carbonyl (C=O) groups is 1. The molecule has 0 saturated carbocycles. The number of hydrogen-bond donors (Lipinski definition) is 0. The minimum absolute atomic E-state index is 0.198. The number of methoxy groups -OCH3 is 1. The molecule has 1 aromatic carbocycles. The van der Waals surface area contributed by atoms with Gasteiger partial charge in [-0.1, -0.05) is 12.1 Å². The first-order valence-electron chi connectivity index (χ1n) is 6.74. The van der Waals surface area contributed by atoms with Crippen LogP contribution >= 0.6 is 0 Å². The van der Waals surface area contributed by atoms with Crippen LogP contribution in [0.1, 0.15) is 15.9 Å². The van der Waals surface area contributed by atoms with Crippen molar-refractivity contribution < 1.29 is 14.3 Å². The van der Waals surface area contributed by atoms with Gasteiger partial charge in [0.05, 0.1) is 19.0 Å². The molecule has 0 N–H and O–H groups in total. The van der Waals surface area contributed by atoms with Crippen molar-refractivity contribution in [2.24, 2.45) is 7.05 Å². The predicted molar refractivity (Wildman–Crippen MR) is 80.6 cm³/mol. The van der Waals surface area contributed by atoms with Crippen molar-refractivity contribution in [3.8, 4) is 5.75 Å². The number of aryl methyl sites for hydroxylation is 1. The average molecular weight is 297 g/mol. The van der Waals surface area contributed by atoms with Crippen molar-refractivity contribution in [1.29, 1.82) is 0 Å². The molecule has 3 aromatic rings. The largest absolute Gasteiger partial charge is 0.497 e. The van der Waals surface area contributed by atoms with Gasteiger partial charge in [-0.25, -0.2) is 14.8 Å². The molecule has 22 heavy (non-hydrogen) atoms. The SMILES string of the molecule is COc1ccc(COC(=O)c2cnc3c(c2)ncn3C)cc1. The highest BCUT2D eigenvalue weighted by molar-refractivity contribution is 5.92. The average Bonchev–Trinajstić information content (AvgIpc) is 2.93. The van der Waals surface area contributed by atoms with E-state index in [0.29, 0.717) is 11.1 Å². The summed E-state index contributed by atoms with van der Waals surface area (Å²) in [4.78, 5) is 20.5. The molecule has 0 saturated heterocycles. The second-order valence-corrected chi connectivity index (χ2v) is 4.85. The van der Waals surface area contributed by atoms with Gasteiger partial charge in [-0.15, -0.1) is 0 Å². The Bertz CT molecular complexity index is 809. The van der Waals surface area contributed by atoms with E-state index in [2.05, 4.69) is 9.97 Å². The molecule has 0 bridgehead atoms. The van der Waals surface area contributed by atoms with E-state index in [1.807, 2.05) is 31.3 Å². The van der Waals surface area contributed by atoms with Crippen LogP contribution in [0.25, 0.3) is 11.2 Å². The van der Waals surface area contributed by atoms with Gasteiger partial charge in [0, 0.05) is 13.2 Å². The Kier molecular flexibility index (Phi) is 3.74. The molecule has 0 aliphatic rings. The number of rotatable bonds is 4. The first-order valence-corrected chi connectivity index (χ1v) is 6.74. The summed E-state index contributed by atoms with van der Waals surface area (Å²) in [7, 11) is 3.46. The van der Waals surface area contributed by atoms with Crippen LogP contribution in [0, 0.1) is 0 Å². The molecule has 0 atom stereocenters. The molecular formula is C16H15N3O3. The van der Waals surface area contributed by atoms with Crippen LogP contribution in [0.5, 0.6) is 5.75 Å². The van der Waals surface area contributed by atoms with Crippen molar-refractivity contribution in [1.82, 2.24) is 14.5 Å². The maximum absolute atomic E-state index is 12.1. The van der Waals surface area contributed by atoms with E-state index in [1.54, 1.807) is 24.1 Å². The molecular weight excluding hydrogens is 282 g/mol. The van der Waals surface area contributed by atoms with Gasteiger partial charge in [-0.2, -0.15) is 0 Å². The Hall–Kier alpha value is -2.89. The highest BCUT2D eigenvalue weighted by Gasteiger charge is 2.11.